The minimum absolute atomic E-state index is 0.221. The first-order valence-electron chi connectivity index (χ1n) is 13.1. The third kappa shape index (κ3) is 8.36. The molecule has 214 valence electrons. The second-order valence-electron chi connectivity index (χ2n) is 9.00. The molecule has 1 unspecified atom stereocenters. The summed E-state index contributed by atoms with van der Waals surface area (Å²) in [4.78, 5) is 29.3. The molecule has 1 aliphatic rings. The summed E-state index contributed by atoms with van der Waals surface area (Å²) in [5.74, 6) is 4.16. The molecule has 0 amide bonds. The van der Waals surface area contributed by atoms with Crippen LogP contribution in [0.1, 0.15) is 12.5 Å². The molecule has 0 spiro atoms. The van der Waals surface area contributed by atoms with Crippen molar-refractivity contribution in [2.75, 3.05) is 68.3 Å². The summed E-state index contributed by atoms with van der Waals surface area (Å²) in [7, 11) is 3.51. The molecule has 0 bridgehead atoms. The van der Waals surface area contributed by atoms with E-state index in [2.05, 4.69) is 14.9 Å². The van der Waals surface area contributed by atoms with Crippen LogP contribution in [0, 0.1) is 0 Å². The van der Waals surface area contributed by atoms with Crippen LogP contribution in [0.3, 0.4) is 0 Å². The van der Waals surface area contributed by atoms with Gasteiger partial charge in [-0.15, -0.1) is 0 Å². The van der Waals surface area contributed by atoms with Gasteiger partial charge >= 0.3 is 12.0 Å². The first-order chi connectivity index (χ1) is 19.4. The first-order valence-corrected chi connectivity index (χ1v) is 14.3. The molecule has 1 aliphatic heterocycles. The first kappa shape index (κ1) is 29.2. The number of methoxy groups -OCH3 is 1. The second kappa shape index (κ2) is 14.6. The molecular formula is C28H35N5O6S. The van der Waals surface area contributed by atoms with Crippen LogP contribution in [0.15, 0.2) is 48.5 Å². The molecule has 1 atom stereocenters. The van der Waals surface area contributed by atoms with Crippen LogP contribution in [0.4, 0.5) is 11.9 Å². The zero-order valence-electron chi connectivity index (χ0n) is 23.0. The molecular weight excluding hydrogens is 534 g/mol. The van der Waals surface area contributed by atoms with E-state index >= 15 is 0 Å². The fraction of sp³-hybridized carbons (Fsp3) is 0.429. The van der Waals surface area contributed by atoms with E-state index in [-0.39, 0.29) is 6.01 Å². The molecule has 2 aromatic carbocycles. The van der Waals surface area contributed by atoms with Crippen LogP contribution in [0.25, 0.3) is 0 Å². The van der Waals surface area contributed by atoms with Crippen LogP contribution < -0.4 is 24.0 Å². The molecule has 0 radical (unpaired) electrons. The fourth-order valence-corrected chi connectivity index (χ4v) is 4.86. The predicted molar refractivity (Wildman–Crippen MR) is 154 cm³/mol. The molecule has 12 heteroatoms. The van der Waals surface area contributed by atoms with Gasteiger partial charge in [0.2, 0.25) is 11.9 Å². The third-order valence-electron chi connectivity index (χ3n) is 6.18. The third-order valence-corrected chi connectivity index (χ3v) is 7.12. The summed E-state index contributed by atoms with van der Waals surface area (Å²) in [6.07, 6.45) is -0.567. The molecule has 40 heavy (non-hydrogen) atoms. The number of aromatic nitrogens is 3. The van der Waals surface area contributed by atoms with Gasteiger partial charge in [-0.2, -0.15) is 26.7 Å². The Balaban J connectivity index is 1.39. The number of benzene rings is 2. The zero-order valence-corrected chi connectivity index (χ0v) is 23.8. The number of hydrogen-bond acceptors (Lipinski definition) is 11. The summed E-state index contributed by atoms with van der Waals surface area (Å²) in [5, 5.41) is 9.30. The van der Waals surface area contributed by atoms with Crippen molar-refractivity contribution in [2.24, 2.45) is 0 Å². The van der Waals surface area contributed by atoms with Gasteiger partial charge < -0.3 is 33.9 Å². The Labute approximate surface area is 238 Å². The highest BCUT2D eigenvalue weighted by Gasteiger charge is 2.20. The maximum absolute atomic E-state index is 11.3. The van der Waals surface area contributed by atoms with E-state index < -0.39 is 12.1 Å². The summed E-state index contributed by atoms with van der Waals surface area (Å²) in [5.41, 5.74) is 0.864. The lowest BCUT2D eigenvalue weighted by molar-refractivity contribution is -0.149. The quantitative estimate of drug-likeness (QED) is 0.304. The van der Waals surface area contributed by atoms with Crippen LogP contribution >= 0.6 is 11.8 Å². The van der Waals surface area contributed by atoms with E-state index in [4.69, 9.17) is 23.9 Å². The standard InChI is InChI=1S/C28H35N5O6S/c1-4-37-24(25(34)35)19-20-5-7-22(8-6-20)38-16-13-32(2)26-29-27(33-14-17-40-18-15-33)31-28(30-26)39-23-11-9-21(36-3)10-12-23/h5-12,24H,4,13-19H2,1-3H3,(H,34,35). The molecule has 1 fully saturated rings. The van der Waals surface area contributed by atoms with E-state index in [0.29, 0.717) is 49.6 Å². The highest BCUT2D eigenvalue weighted by atomic mass is 32.2. The zero-order chi connectivity index (χ0) is 28.3. The van der Waals surface area contributed by atoms with Gasteiger partial charge in [-0.05, 0) is 48.9 Å². The maximum Gasteiger partial charge on any atom is 0.333 e. The van der Waals surface area contributed by atoms with Crippen LogP contribution in [-0.2, 0) is 16.0 Å². The number of thioether (sulfide) groups is 1. The van der Waals surface area contributed by atoms with Gasteiger partial charge in [0.15, 0.2) is 6.10 Å². The lowest BCUT2D eigenvalue weighted by Crippen LogP contribution is -2.35. The topological polar surface area (TPSA) is 119 Å². The van der Waals surface area contributed by atoms with Crippen molar-refractivity contribution in [1.82, 2.24) is 15.0 Å². The number of carbonyl (C=O) groups is 1. The van der Waals surface area contributed by atoms with Crippen molar-refractivity contribution in [1.29, 1.82) is 0 Å². The number of anilines is 2. The van der Waals surface area contributed by atoms with Gasteiger partial charge in [-0.1, -0.05) is 12.1 Å². The minimum atomic E-state index is -0.969. The highest BCUT2D eigenvalue weighted by molar-refractivity contribution is 7.99. The van der Waals surface area contributed by atoms with E-state index in [1.165, 1.54) is 0 Å². The van der Waals surface area contributed by atoms with Crippen molar-refractivity contribution >= 4 is 29.6 Å². The molecule has 1 saturated heterocycles. The Kier molecular flexibility index (Phi) is 10.6. The molecule has 1 aromatic heterocycles. The Morgan fingerprint density at radius 1 is 1.02 bits per heavy atom. The van der Waals surface area contributed by atoms with Crippen molar-refractivity contribution < 1.29 is 28.8 Å². The number of carboxylic acids is 1. The fourth-order valence-electron chi connectivity index (χ4n) is 3.96. The number of likely N-dealkylation sites (N-methyl/N-ethyl adjacent to an activating group) is 1. The Morgan fingerprint density at radius 3 is 2.35 bits per heavy atom. The number of ether oxygens (including phenoxy) is 4. The van der Waals surface area contributed by atoms with Crippen molar-refractivity contribution in [3.63, 3.8) is 0 Å². The molecule has 3 aromatic rings. The largest absolute Gasteiger partial charge is 0.497 e. The molecule has 0 saturated carbocycles. The van der Waals surface area contributed by atoms with Crippen LogP contribution in [0.5, 0.6) is 23.3 Å². The number of nitrogens with zero attached hydrogens (tertiary/aromatic N) is 5. The van der Waals surface area contributed by atoms with E-state index in [1.807, 2.05) is 60.1 Å². The average Bonchev–Trinajstić information content (AvgIpc) is 2.98. The Morgan fingerprint density at radius 2 is 1.70 bits per heavy atom. The summed E-state index contributed by atoms with van der Waals surface area (Å²) < 4.78 is 22.4. The van der Waals surface area contributed by atoms with Gasteiger partial charge in [0.05, 0.1) is 13.7 Å². The number of aliphatic carboxylic acids is 1. The molecule has 4 rings (SSSR count). The lowest BCUT2D eigenvalue weighted by Gasteiger charge is -2.27. The van der Waals surface area contributed by atoms with E-state index in [0.717, 1.165) is 35.9 Å². The number of carboxylic acid groups (broad SMARTS) is 1. The van der Waals surface area contributed by atoms with E-state index in [9.17, 15) is 9.90 Å². The Hall–Kier alpha value is -3.77. The highest BCUT2D eigenvalue weighted by Crippen LogP contribution is 2.25. The summed E-state index contributed by atoms with van der Waals surface area (Å²) in [6.45, 7) is 4.76. The average molecular weight is 570 g/mol. The monoisotopic (exact) mass is 569 g/mol. The van der Waals surface area contributed by atoms with Crippen molar-refractivity contribution in [2.45, 2.75) is 19.4 Å². The van der Waals surface area contributed by atoms with Crippen LogP contribution in [-0.4, -0.2) is 90.6 Å². The Bertz CT molecular complexity index is 1220. The SMILES string of the molecule is CCOC(Cc1ccc(OCCN(C)c2nc(Oc3ccc(OC)cc3)nc(N3CCSCC3)n2)cc1)C(=O)O. The molecule has 11 nitrogen and oxygen atoms in total. The second-order valence-corrected chi connectivity index (χ2v) is 10.2. The number of hydrogen-bond donors (Lipinski definition) is 1. The summed E-state index contributed by atoms with van der Waals surface area (Å²) >= 11 is 1.91. The minimum Gasteiger partial charge on any atom is -0.497 e. The molecule has 1 N–H and O–H groups in total. The smallest absolute Gasteiger partial charge is 0.333 e. The molecule has 0 aliphatic carbocycles. The normalized spacial score (nSPS) is 13.9. The van der Waals surface area contributed by atoms with Crippen molar-refractivity contribution in [3.8, 4) is 23.3 Å². The van der Waals surface area contributed by atoms with Gasteiger partial charge in [0.25, 0.3) is 0 Å². The molecule has 2 heterocycles. The lowest BCUT2D eigenvalue weighted by atomic mass is 10.1. The number of rotatable bonds is 14. The van der Waals surface area contributed by atoms with Crippen molar-refractivity contribution in [3.05, 3.63) is 54.1 Å². The van der Waals surface area contributed by atoms with Crippen LogP contribution in [0.2, 0.25) is 0 Å². The van der Waals surface area contributed by atoms with Gasteiger partial charge in [0, 0.05) is 44.7 Å². The van der Waals surface area contributed by atoms with E-state index in [1.54, 1.807) is 26.2 Å². The van der Waals surface area contributed by atoms with Gasteiger partial charge in [-0.3, -0.25) is 0 Å². The maximum atomic E-state index is 11.3. The predicted octanol–water partition coefficient (Wildman–Crippen LogP) is 3.77. The summed E-state index contributed by atoms with van der Waals surface area (Å²) in [6, 6.07) is 14.8. The van der Waals surface area contributed by atoms with Gasteiger partial charge in [-0.25, -0.2) is 4.79 Å². The van der Waals surface area contributed by atoms with Gasteiger partial charge in [0.1, 0.15) is 23.9 Å².